The normalized spacial score (nSPS) is 14.1. The number of hydrogen-bond donors (Lipinski definition) is 1. The fourth-order valence-electron chi connectivity index (χ4n) is 2.60. The van der Waals surface area contributed by atoms with Crippen LogP contribution in [-0.2, 0) is 0 Å². The van der Waals surface area contributed by atoms with Gasteiger partial charge >= 0.3 is 0 Å². The van der Waals surface area contributed by atoms with E-state index in [0.717, 1.165) is 18.2 Å². The van der Waals surface area contributed by atoms with Gasteiger partial charge in [0, 0.05) is 17.8 Å². The molecule has 0 unspecified atom stereocenters. The Kier molecular flexibility index (Phi) is 3.60. The van der Waals surface area contributed by atoms with Gasteiger partial charge in [-0.3, -0.25) is 0 Å². The van der Waals surface area contributed by atoms with Crippen molar-refractivity contribution in [1.82, 2.24) is 5.32 Å². The summed E-state index contributed by atoms with van der Waals surface area (Å²) in [6.45, 7) is 7.48. The molecule has 20 heavy (non-hydrogen) atoms. The molecule has 1 fully saturated rings. The van der Waals surface area contributed by atoms with Gasteiger partial charge in [0.1, 0.15) is 0 Å². The van der Waals surface area contributed by atoms with Crippen LogP contribution in [0.1, 0.15) is 24.0 Å². The molecule has 1 aliphatic carbocycles. The Balaban J connectivity index is 1.93. The first-order valence-electron chi connectivity index (χ1n) is 7.34. The summed E-state index contributed by atoms with van der Waals surface area (Å²) in [6, 6.07) is 17.0. The molecule has 102 valence electrons. The zero-order valence-corrected chi connectivity index (χ0v) is 12.0. The number of hydrogen-bond acceptors (Lipinski definition) is 1. The fraction of sp³-hybridized carbons (Fsp3) is 0.263. The molecular weight excluding hydrogens is 242 g/mol. The van der Waals surface area contributed by atoms with Crippen LogP contribution >= 0.6 is 0 Å². The summed E-state index contributed by atoms with van der Waals surface area (Å²) in [5.41, 5.74) is 6.09. The zero-order valence-electron chi connectivity index (χ0n) is 12.0. The number of nitrogens with one attached hydrogen (secondary N) is 1. The molecule has 0 saturated heterocycles. The highest BCUT2D eigenvalue weighted by Crippen LogP contribution is 2.32. The van der Waals surface area contributed by atoms with Crippen molar-refractivity contribution in [2.75, 3.05) is 6.54 Å². The second-order valence-corrected chi connectivity index (χ2v) is 5.67. The maximum Gasteiger partial charge on any atom is 0.0349 e. The Morgan fingerprint density at radius 1 is 1.10 bits per heavy atom. The zero-order chi connectivity index (χ0) is 13.9. The monoisotopic (exact) mass is 263 g/mol. The highest BCUT2D eigenvalue weighted by atomic mass is 14.9. The van der Waals surface area contributed by atoms with E-state index in [2.05, 4.69) is 67.4 Å². The fourth-order valence-corrected chi connectivity index (χ4v) is 2.60. The molecule has 1 saturated carbocycles. The molecule has 0 aromatic heterocycles. The lowest BCUT2D eigenvalue weighted by atomic mass is 9.94. The molecule has 0 heterocycles. The number of aryl methyl sites for hydroxylation is 1. The summed E-state index contributed by atoms with van der Waals surface area (Å²) >= 11 is 0. The van der Waals surface area contributed by atoms with Crippen molar-refractivity contribution >= 4 is 5.70 Å². The molecular formula is C19H21N. The summed E-state index contributed by atoms with van der Waals surface area (Å²) in [5, 5.41) is 3.52. The van der Waals surface area contributed by atoms with Gasteiger partial charge in [0.15, 0.2) is 0 Å². The van der Waals surface area contributed by atoms with Gasteiger partial charge in [-0.15, -0.1) is 0 Å². The Morgan fingerprint density at radius 2 is 1.85 bits per heavy atom. The molecule has 0 spiro atoms. The SMILES string of the molecule is C=C(NCC1CC1)c1c(C)cccc1-c1ccccc1. The summed E-state index contributed by atoms with van der Waals surface area (Å²) in [5.74, 6) is 0.857. The van der Waals surface area contributed by atoms with Crippen LogP contribution in [0.2, 0.25) is 0 Å². The summed E-state index contributed by atoms with van der Waals surface area (Å²) in [7, 11) is 0. The Labute approximate surface area is 121 Å². The second-order valence-electron chi connectivity index (χ2n) is 5.67. The van der Waals surface area contributed by atoms with E-state index in [1.807, 2.05) is 0 Å². The molecule has 1 nitrogen and oxygen atoms in total. The molecule has 0 radical (unpaired) electrons. The lowest BCUT2D eigenvalue weighted by Crippen LogP contribution is -2.15. The molecule has 1 N–H and O–H groups in total. The highest BCUT2D eigenvalue weighted by Gasteiger charge is 2.21. The molecule has 3 rings (SSSR count). The third-order valence-electron chi connectivity index (χ3n) is 3.96. The van der Waals surface area contributed by atoms with Gasteiger partial charge in [-0.1, -0.05) is 55.1 Å². The summed E-state index contributed by atoms with van der Waals surface area (Å²) < 4.78 is 0. The minimum absolute atomic E-state index is 0.857. The molecule has 1 aliphatic rings. The molecule has 1 heteroatoms. The number of rotatable bonds is 5. The van der Waals surface area contributed by atoms with Crippen LogP contribution in [0.3, 0.4) is 0 Å². The topological polar surface area (TPSA) is 12.0 Å². The minimum Gasteiger partial charge on any atom is -0.385 e. The van der Waals surface area contributed by atoms with E-state index >= 15 is 0 Å². The molecule has 2 aromatic rings. The van der Waals surface area contributed by atoms with E-state index in [0.29, 0.717) is 0 Å². The van der Waals surface area contributed by atoms with E-state index in [-0.39, 0.29) is 0 Å². The first kappa shape index (κ1) is 13.0. The van der Waals surface area contributed by atoms with Gasteiger partial charge in [0.2, 0.25) is 0 Å². The van der Waals surface area contributed by atoms with Gasteiger partial charge in [0.05, 0.1) is 0 Å². The maximum absolute atomic E-state index is 4.26. The molecule has 2 aromatic carbocycles. The van der Waals surface area contributed by atoms with Crippen LogP contribution < -0.4 is 5.32 Å². The molecule has 0 bridgehead atoms. The van der Waals surface area contributed by atoms with Crippen LogP contribution in [0.15, 0.2) is 55.1 Å². The van der Waals surface area contributed by atoms with E-state index in [1.165, 1.54) is 35.1 Å². The average Bonchev–Trinajstić information content (AvgIpc) is 3.29. The van der Waals surface area contributed by atoms with Gasteiger partial charge in [-0.05, 0) is 42.4 Å². The minimum atomic E-state index is 0.857. The average molecular weight is 263 g/mol. The van der Waals surface area contributed by atoms with Crippen LogP contribution in [0.25, 0.3) is 16.8 Å². The van der Waals surface area contributed by atoms with E-state index in [9.17, 15) is 0 Å². The number of benzene rings is 2. The van der Waals surface area contributed by atoms with E-state index < -0.39 is 0 Å². The molecule has 0 aliphatic heterocycles. The summed E-state index contributed by atoms with van der Waals surface area (Å²) in [6.07, 6.45) is 2.72. The van der Waals surface area contributed by atoms with Gasteiger partial charge in [-0.2, -0.15) is 0 Å². The predicted molar refractivity (Wildman–Crippen MR) is 86.4 cm³/mol. The smallest absolute Gasteiger partial charge is 0.0349 e. The van der Waals surface area contributed by atoms with Crippen LogP contribution in [-0.4, -0.2) is 6.54 Å². The third-order valence-corrected chi connectivity index (χ3v) is 3.96. The van der Waals surface area contributed by atoms with Crippen molar-refractivity contribution in [3.63, 3.8) is 0 Å². The largest absolute Gasteiger partial charge is 0.385 e. The third kappa shape index (κ3) is 2.77. The Morgan fingerprint density at radius 3 is 2.55 bits per heavy atom. The van der Waals surface area contributed by atoms with E-state index in [1.54, 1.807) is 0 Å². The van der Waals surface area contributed by atoms with E-state index in [4.69, 9.17) is 0 Å². The molecule has 0 amide bonds. The van der Waals surface area contributed by atoms with Crippen molar-refractivity contribution in [2.24, 2.45) is 5.92 Å². The summed E-state index contributed by atoms with van der Waals surface area (Å²) in [4.78, 5) is 0. The Hall–Kier alpha value is -2.02. The first-order valence-corrected chi connectivity index (χ1v) is 7.34. The predicted octanol–water partition coefficient (Wildman–Crippen LogP) is 4.63. The van der Waals surface area contributed by atoms with Crippen molar-refractivity contribution < 1.29 is 0 Å². The lowest BCUT2D eigenvalue weighted by molar-refractivity contribution is 0.760. The first-order chi connectivity index (χ1) is 9.75. The van der Waals surface area contributed by atoms with Gasteiger partial charge < -0.3 is 5.32 Å². The maximum atomic E-state index is 4.26. The van der Waals surface area contributed by atoms with Gasteiger partial charge in [0.25, 0.3) is 0 Å². The van der Waals surface area contributed by atoms with Crippen LogP contribution in [0.5, 0.6) is 0 Å². The van der Waals surface area contributed by atoms with Crippen molar-refractivity contribution in [1.29, 1.82) is 0 Å². The second kappa shape index (κ2) is 5.54. The highest BCUT2D eigenvalue weighted by molar-refractivity contribution is 5.81. The van der Waals surface area contributed by atoms with Crippen LogP contribution in [0, 0.1) is 12.8 Å². The van der Waals surface area contributed by atoms with Crippen molar-refractivity contribution in [2.45, 2.75) is 19.8 Å². The molecule has 0 atom stereocenters. The lowest BCUT2D eigenvalue weighted by Gasteiger charge is -2.17. The Bertz CT molecular complexity index is 609. The van der Waals surface area contributed by atoms with Crippen molar-refractivity contribution in [3.05, 3.63) is 66.2 Å². The standard InChI is InChI=1S/C19H21N/c1-14-7-6-10-18(17-8-4-3-5-9-17)19(14)15(2)20-13-16-11-12-16/h3-10,16,20H,2,11-13H2,1H3. The van der Waals surface area contributed by atoms with Crippen LogP contribution in [0.4, 0.5) is 0 Å². The quantitative estimate of drug-likeness (QED) is 0.829. The van der Waals surface area contributed by atoms with Crippen molar-refractivity contribution in [3.8, 4) is 11.1 Å². The van der Waals surface area contributed by atoms with Gasteiger partial charge in [-0.25, -0.2) is 0 Å².